The minimum absolute atomic E-state index is 0. The van der Waals surface area contributed by atoms with Gasteiger partial charge < -0.3 is 16.0 Å². The van der Waals surface area contributed by atoms with Crippen molar-refractivity contribution in [3.05, 3.63) is 35.4 Å². The molecule has 3 N–H and O–H groups in total. The first-order valence-corrected chi connectivity index (χ1v) is 9.38. The van der Waals surface area contributed by atoms with Crippen molar-refractivity contribution in [3.63, 3.8) is 0 Å². The Morgan fingerprint density at radius 3 is 2.58 bits per heavy atom. The molecule has 146 valence electrons. The van der Waals surface area contributed by atoms with Gasteiger partial charge in [-0.15, -0.1) is 24.0 Å². The highest BCUT2D eigenvalue weighted by Crippen LogP contribution is 2.40. The number of aliphatic imine (C=N–C) groups is 1. The molecule has 26 heavy (non-hydrogen) atoms. The molecular weight excluding hydrogens is 439 g/mol. The first-order chi connectivity index (χ1) is 12.1. The molecule has 0 heterocycles. The summed E-state index contributed by atoms with van der Waals surface area (Å²) in [5, 5.41) is 9.55. The molecule has 1 aromatic rings. The van der Waals surface area contributed by atoms with Gasteiger partial charge in [0.25, 0.3) is 5.91 Å². The van der Waals surface area contributed by atoms with Crippen molar-refractivity contribution in [3.8, 4) is 0 Å². The molecule has 0 unspecified atom stereocenters. The number of amides is 1. The number of benzene rings is 1. The van der Waals surface area contributed by atoms with E-state index in [0.717, 1.165) is 31.0 Å². The molecule has 0 saturated heterocycles. The van der Waals surface area contributed by atoms with Gasteiger partial charge in [0.1, 0.15) is 0 Å². The van der Waals surface area contributed by atoms with Crippen molar-refractivity contribution in [2.75, 3.05) is 27.2 Å². The number of guanidine groups is 1. The highest BCUT2D eigenvalue weighted by Gasteiger charge is 2.31. The summed E-state index contributed by atoms with van der Waals surface area (Å²) in [5.41, 5.74) is 2.29. The smallest absolute Gasteiger partial charge is 0.251 e. The van der Waals surface area contributed by atoms with Crippen LogP contribution in [0.3, 0.4) is 0 Å². The Bertz CT molecular complexity index is 597. The second-order valence-electron chi connectivity index (χ2n) is 6.94. The van der Waals surface area contributed by atoms with Gasteiger partial charge in [-0.25, -0.2) is 0 Å². The Morgan fingerprint density at radius 2 is 1.96 bits per heavy atom. The number of halogens is 1. The first-order valence-electron chi connectivity index (χ1n) is 9.38. The molecule has 6 heteroatoms. The molecule has 0 atom stereocenters. The largest absolute Gasteiger partial charge is 0.356 e. The lowest BCUT2D eigenvalue weighted by Crippen LogP contribution is -2.43. The average molecular weight is 472 g/mol. The molecule has 1 aromatic carbocycles. The van der Waals surface area contributed by atoms with E-state index in [-0.39, 0.29) is 29.9 Å². The van der Waals surface area contributed by atoms with E-state index in [4.69, 9.17) is 0 Å². The van der Waals surface area contributed by atoms with E-state index in [1.165, 1.54) is 32.1 Å². The molecular formula is C20H33IN4O. The zero-order chi connectivity index (χ0) is 18.1. The molecule has 1 aliphatic rings. The van der Waals surface area contributed by atoms with Crippen LogP contribution in [0, 0.1) is 5.41 Å². The quantitative estimate of drug-likeness (QED) is 0.324. The van der Waals surface area contributed by atoms with Gasteiger partial charge in [0.05, 0.1) is 0 Å². The normalized spacial score (nSPS) is 15.9. The molecule has 2 rings (SSSR count). The van der Waals surface area contributed by atoms with Crippen LogP contribution in [-0.2, 0) is 6.42 Å². The summed E-state index contributed by atoms with van der Waals surface area (Å²) in [6, 6.07) is 7.76. The van der Waals surface area contributed by atoms with E-state index in [0.29, 0.717) is 11.0 Å². The Hall–Kier alpha value is -1.31. The van der Waals surface area contributed by atoms with Gasteiger partial charge in [-0.3, -0.25) is 9.79 Å². The maximum atomic E-state index is 11.7. The van der Waals surface area contributed by atoms with Gasteiger partial charge in [0.15, 0.2) is 5.96 Å². The van der Waals surface area contributed by atoms with Crippen molar-refractivity contribution in [2.45, 2.75) is 45.4 Å². The number of hydrogen-bond donors (Lipinski definition) is 3. The van der Waals surface area contributed by atoms with Crippen molar-refractivity contribution < 1.29 is 4.79 Å². The topological polar surface area (TPSA) is 65.5 Å². The van der Waals surface area contributed by atoms with Crippen LogP contribution in [0.25, 0.3) is 0 Å². The SMILES string of the molecule is CCC1(CNC(=NC)NCCc2cccc(C(=O)NC)c2)CCCC1.I. The maximum absolute atomic E-state index is 11.7. The molecule has 0 aliphatic heterocycles. The molecule has 1 aliphatic carbocycles. The van der Waals surface area contributed by atoms with E-state index in [2.05, 4.69) is 33.9 Å². The van der Waals surface area contributed by atoms with Crippen LogP contribution < -0.4 is 16.0 Å². The lowest BCUT2D eigenvalue weighted by molar-refractivity contribution is 0.0963. The third-order valence-electron chi connectivity index (χ3n) is 5.39. The predicted octanol–water partition coefficient (Wildman–Crippen LogP) is 3.34. The molecule has 0 aromatic heterocycles. The summed E-state index contributed by atoms with van der Waals surface area (Å²) >= 11 is 0. The van der Waals surface area contributed by atoms with Gasteiger partial charge in [-0.05, 0) is 48.8 Å². The van der Waals surface area contributed by atoms with E-state index in [9.17, 15) is 4.79 Å². The first kappa shape index (κ1) is 22.7. The number of rotatable bonds is 7. The predicted molar refractivity (Wildman–Crippen MR) is 120 cm³/mol. The molecule has 1 fully saturated rings. The lowest BCUT2D eigenvalue weighted by atomic mass is 9.83. The number of carbonyl (C=O) groups excluding carboxylic acids is 1. The minimum atomic E-state index is -0.0475. The molecule has 1 saturated carbocycles. The zero-order valence-corrected chi connectivity index (χ0v) is 18.6. The van der Waals surface area contributed by atoms with Crippen molar-refractivity contribution in [1.29, 1.82) is 0 Å². The molecule has 0 radical (unpaired) electrons. The highest BCUT2D eigenvalue weighted by molar-refractivity contribution is 14.0. The fourth-order valence-corrected chi connectivity index (χ4v) is 3.61. The van der Waals surface area contributed by atoms with E-state index in [1.807, 2.05) is 25.2 Å². The Kier molecular flexibility index (Phi) is 9.98. The van der Waals surface area contributed by atoms with E-state index in [1.54, 1.807) is 7.05 Å². The zero-order valence-electron chi connectivity index (χ0n) is 16.2. The second kappa shape index (κ2) is 11.4. The van der Waals surface area contributed by atoms with E-state index < -0.39 is 0 Å². The highest BCUT2D eigenvalue weighted by atomic mass is 127. The van der Waals surface area contributed by atoms with Gasteiger partial charge in [-0.2, -0.15) is 0 Å². The Morgan fingerprint density at radius 1 is 1.23 bits per heavy atom. The Labute approximate surface area is 174 Å². The fraction of sp³-hybridized carbons (Fsp3) is 0.600. The summed E-state index contributed by atoms with van der Waals surface area (Å²) in [5.74, 6) is 0.816. The van der Waals surface area contributed by atoms with Gasteiger partial charge in [-0.1, -0.05) is 31.9 Å². The molecule has 1 amide bonds. The number of nitrogens with zero attached hydrogens (tertiary/aromatic N) is 1. The average Bonchev–Trinajstić information content (AvgIpc) is 3.13. The van der Waals surface area contributed by atoms with Gasteiger partial charge >= 0.3 is 0 Å². The maximum Gasteiger partial charge on any atom is 0.251 e. The van der Waals surface area contributed by atoms with Crippen LogP contribution >= 0.6 is 24.0 Å². The lowest BCUT2D eigenvalue weighted by Gasteiger charge is -2.28. The van der Waals surface area contributed by atoms with Crippen molar-refractivity contribution in [2.24, 2.45) is 10.4 Å². The molecule has 0 spiro atoms. The van der Waals surface area contributed by atoms with Crippen LogP contribution in [-0.4, -0.2) is 39.1 Å². The summed E-state index contributed by atoms with van der Waals surface area (Å²) in [6.07, 6.45) is 7.42. The standard InChI is InChI=1S/C20H32N4O.HI/c1-4-20(11-5-6-12-20)15-24-19(22-3)23-13-10-16-8-7-9-17(14-16)18(25)21-2;/h7-9,14H,4-6,10-13,15H2,1-3H3,(H,21,25)(H2,22,23,24);1H. The van der Waals surface area contributed by atoms with E-state index >= 15 is 0 Å². The summed E-state index contributed by atoms with van der Waals surface area (Å²) < 4.78 is 0. The molecule has 0 bridgehead atoms. The third-order valence-corrected chi connectivity index (χ3v) is 5.39. The Balaban J connectivity index is 0.00000338. The number of hydrogen-bond acceptors (Lipinski definition) is 2. The van der Waals surface area contributed by atoms with Crippen LogP contribution in [0.4, 0.5) is 0 Å². The van der Waals surface area contributed by atoms with Gasteiger partial charge in [0.2, 0.25) is 0 Å². The van der Waals surface area contributed by atoms with Crippen LogP contribution in [0.1, 0.15) is 54.9 Å². The van der Waals surface area contributed by atoms with Crippen LogP contribution in [0.5, 0.6) is 0 Å². The van der Waals surface area contributed by atoms with Crippen molar-refractivity contribution >= 4 is 35.8 Å². The third kappa shape index (κ3) is 6.45. The number of nitrogens with one attached hydrogen (secondary N) is 3. The second-order valence-corrected chi connectivity index (χ2v) is 6.94. The van der Waals surface area contributed by atoms with Crippen LogP contribution in [0.2, 0.25) is 0 Å². The van der Waals surface area contributed by atoms with Crippen molar-refractivity contribution in [1.82, 2.24) is 16.0 Å². The van der Waals surface area contributed by atoms with Crippen LogP contribution in [0.15, 0.2) is 29.3 Å². The monoisotopic (exact) mass is 472 g/mol. The summed E-state index contributed by atoms with van der Waals surface area (Å²) in [7, 11) is 3.47. The van der Waals surface area contributed by atoms with Gasteiger partial charge in [0, 0.05) is 32.7 Å². The summed E-state index contributed by atoms with van der Waals surface area (Å²) in [6.45, 7) is 4.08. The molecule has 5 nitrogen and oxygen atoms in total. The minimum Gasteiger partial charge on any atom is -0.356 e. The fourth-order valence-electron chi connectivity index (χ4n) is 3.61. The number of carbonyl (C=O) groups is 1. The summed E-state index contributed by atoms with van der Waals surface area (Å²) in [4.78, 5) is 16.0.